The van der Waals surface area contributed by atoms with Gasteiger partial charge in [-0.1, -0.05) is 42.0 Å². The number of amides is 3. The first-order chi connectivity index (χ1) is 16.4. The standard InChI is InChI=1S/C27H33N3O4/c1-19-6-4-9-23(16-19)27(10-14-34-15-11-27)26(33)29-12-13-30(20(2)31)24(18-29)21-7-5-8-22(17-21)25(32)28-3/h4-9,16-17,24H,10-15,18H2,1-3H3,(H,28,32). The van der Waals surface area contributed by atoms with Crippen molar-refractivity contribution in [2.24, 2.45) is 0 Å². The Bertz CT molecular complexity index is 1080. The molecule has 0 spiro atoms. The molecule has 34 heavy (non-hydrogen) atoms. The van der Waals surface area contributed by atoms with E-state index in [1.54, 1.807) is 24.9 Å². The number of benzene rings is 2. The number of piperazine rings is 1. The molecule has 2 aromatic carbocycles. The van der Waals surface area contributed by atoms with Crippen LogP contribution in [0.5, 0.6) is 0 Å². The van der Waals surface area contributed by atoms with Crippen molar-refractivity contribution >= 4 is 17.7 Å². The van der Waals surface area contributed by atoms with Crippen molar-refractivity contribution in [3.63, 3.8) is 0 Å². The van der Waals surface area contributed by atoms with E-state index in [-0.39, 0.29) is 23.8 Å². The summed E-state index contributed by atoms with van der Waals surface area (Å²) < 4.78 is 5.64. The summed E-state index contributed by atoms with van der Waals surface area (Å²) in [6, 6.07) is 15.2. The Balaban J connectivity index is 1.67. The van der Waals surface area contributed by atoms with Crippen LogP contribution in [0.2, 0.25) is 0 Å². The summed E-state index contributed by atoms with van der Waals surface area (Å²) in [5, 5.41) is 2.65. The number of hydrogen-bond donors (Lipinski definition) is 1. The van der Waals surface area contributed by atoms with Crippen molar-refractivity contribution in [2.75, 3.05) is 39.9 Å². The van der Waals surface area contributed by atoms with Crippen LogP contribution >= 0.6 is 0 Å². The Kier molecular flexibility index (Phi) is 7.03. The highest BCUT2D eigenvalue weighted by Gasteiger charge is 2.46. The number of carbonyl (C=O) groups excluding carboxylic acids is 3. The average molecular weight is 464 g/mol. The first kappa shape index (κ1) is 24.0. The maximum Gasteiger partial charge on any atom is 0.251 e. The van der Waals surface area contributed by atoms with Gasteiger partial charge < -0.3 is 19.9 Å². The topological polar surface area (TPSA) is 79.0 Å². The molecule has 7 heteroatoms. The first-order valence-electron chi connectivity index (χ1n) is 11.9. The molecular formula is C27H33N3O4. The average Bonchev–Trinajstić information content (AvgIpc) is 2.87. The summed E-state index contributed by atoms with van der Waals surface area (Å²) in [7, 11) is 1.59. The van der Waals surface area contributed by atoms with Gasteiger partial charge in [0.2, 0.25) is 11.8 Å². The van der Waals surface area contributed by atoms with Crippen LogP contribution < -0.4 is 5.32 Å². The van der Waals surface area contributed by atoms with E-state index in [0.29, 0.717) is 51.3 Å². The molecule has 0 bridgehead atoms. The summed E-state index contributed by atoms with van der Waals surface area (Å²) in [6.45, 7) is 6.02. The molecule has 0 aliphatic carbocycles. The minimum Gasteiger partial charge on any atom is -0.381 e. The van der Waals surface area contributed by atoms with E-state index in [9.17, 15) is 14.4 Å². The van der Waals surface area contributed by atoms with Crippen molar-refractivity contribution in [3.05, 3.63) is 70.8 Å². The fourth-order valence-electron chi connectivity index (χ4n) is 5.25. The minimum absolute atomic E-state index is 0.0399. The minimum atomic E-state index is -0.628. The zero-order valence-corrected chi connectivity index (χ0v) is 20.2. The molecule has 0 aromatic heterocycles. The van der Waals surface area contributed by atoms with Gasteiger partial charge in [-0.25, -0.2) is 0 Å². The van der Waals surface area contributed by atoms with Gasteiger partial charge in [0, 0.05) is 52.4 Å². The predicted molar refractivity (Wildman–Crippen MR) is 129 cm³/mol. The monoisotopic (exact) mass is 463 g/mol. The number of hydrogen-bond acceptors (Lipinski definition) is 4. The van der Waals surface area contributed by atoms with E-state index >= 15 is 0 Å². The van der Waals surface area contributed by atoms with Crippen molar-refractivity contribution in [2.45, 2.75) is 38.1 Å². The van der Waals surface area contributed by atoms with Crippen molar-refractivity contribution < 1.29 is 19.1 Å². The Morgan fingerprint density at radius 3 is 2.44 bits per heavy atom. The summed E-state index contributed by atoms with van der Waals surface area (Å²) in [5.74, 6) is -0.125. The molecule has 7 nitrogen and oxygen atoms in total. The summed E-state index contributed by atoms with van der Waals surface area (Å²) in [4.78, 5) is 42.6. The van der Waals surface area contributed by atoms with Gasteiger partial charge in [0.1, 0.15) is 0 Å². The molecule has 3 amide bonds. The second-order valence-corrected chi connectivity index (χ2v) is 9.25. The van der Waals surface area contributed by atoms with Crippen molar-refractivity contribution in [1.82, 2.24) is 15.1 Å². The van der Waals surface area contributed by atoms with Gasteiger partial charge >= 0.3 is 0 Å². The van der Waals surface area contributed by atoms with Crippen LogP contribution in [0, 0.1) is 6.92 Å². The highest BCUT2D eigenvalue weighted by Crippen LogP contribution is 2.39. The molecule has 0 saturated carbocycles. The lowest BCUT2D eigenvalue weighted by atomic mass is 9.72. The molecule has 2 aliphatic rings. The smallest absolute Gasteiger partial charge is 0.251 e. The number of carbonyl (C=O) groups is 3. The third-order valence-electron chi connectivity index (χ3n) is 7.16. The second kappa shape index (κ2) is 9.97. The van der Waals surface area contributed by atoms with E-state index in [4.69, 9.17) is 4.74 Å². The summed E-state index contributed by atoms with van der Waals surface area (Å²) >= 11 is 0. The van der Waals surface area contributed by atoms with Crippen LogP contribution in [-0.2, 0) is 19.7 Å². The zero-order valence-electron chi connectivity index (χ0n) is 20.2. The Morgan fingerprint density at radius 1 is 1.03 bits per heavy atom. The third kappa shape index (κ3) is 4.57. The fourth-order valence-corrected chi connectivity index (χ4v) is 5.25. The van der Waals surface area contributed by atoms with Gasteiger partial charge in [0.05, 0.1) is 11.5 Å². The van der Waals surface area contributed by atoms with Crippen LogP contribution in [0.25, 0.3) is 0 Å². The number of nitrogens with zero attached hydrogens (tertiary/aromatic N) is 2. The molecule has 2 aromatic rings. The lowest BCUT2D eigenvalue weighted by molar-refractivity contribution is -0.148. The van der Waals surface area contributed by atoms with E-state index in [1.165, 1.54) is 0 Å². The normalized spacial score (nSPS) is 20.0. The number of rotatable bonds is 4. The SMILES string of the molecule is CNC(=O)c1cccc(C2CN(C(=O)C3(c4cccc(C)c4)CCOCC3)CCN2C(C)=O)c1. The molecule has 1 unspecified atom stereocenters. The van der Waals surface area contributed by atoms with Gasteiger partial charge in [-0.15, -0.1) is 0 Å². The van der Waals surface area contributed by atoms with Crippen LogP contribution in [0.3, 0.4) is 0 Å². The van der Waals surface area contributed by atoms with Crippen molar-refractivity contribution in [3.8, 4) is 0 Å². The van der Waals surface area contributed by atoms with Crippen molar-refractivity contribution in [1.29, 1.82) is 0 Å². The van der Waals surface area contributed by atoms with Crippen LogP contribution in [0.1, 0.15) is 52.9 Å². The predicted octanol–water partition coefficient (Wildman–Crippen LogP) is 2.83. The molecule has 2 heterocycles. The lowest BCUT2D eigenvalue weighted by Gasteiger charge is -2.46. The van der Waals surface area contributed by atoms with Crippen LogP contribution in [-0.4, -0.2) is 67.4 Å². The largest absolute Gasteiger partial charge is 0.381 e. The number of nitrogens with one attached hydrogen (secondary N) is 1. The Labute approximate surface area is 201 Å². The van der Waals surface area contributed by atoms with Gasteiger partial charge in [0.15, 0.2) is 0 Å². The quantitative estimate of drug-likeness (QED) is 0.756. The Hall–Kier alpha value is -3.19. The highest BCUT2D eigenvalue weighted by molar-refractivity contribution is 5.94. The van der Waals surface area contributed by atoms with E-state index in [2.05, 4.69) is 11.4 Å². The maximum atomic E-state index is 14.2. The van der Waals surface area contributed by atoms with Gasteiger partial charge in [-0.3, -0.25) is 14.4 Å². The van der Waals surface area contributed by atoms with Gasteiger partial charge in [0.25, 0.3) is 5.91 Å². The molecule has 1 atom stereocenters. The first-order valence-corrected chi connectivity index (χ1v) is 11.9. The fraction of sp³-hybridized carbons (Fsp3) is 0.444. The van der Waals surface area contributed by atoms with E-state index < -0.39 is 5.41 Å². The molecule has 2 fully saturated rings. The highest BCUT2D eigenvalue weighted by atomic mass is 16.5. The molecule has 2 aliphatic heterocycles. The van der Waals surface area contributed by atoms with Crippen LogP contribution in [0.15, 0.2) is 48.5 Å². The number of ether oxygens (including phenoxy) is 1. The summed E-state index contributed by atoms with van der Waals surface area (Å²) in [5.41, 5.74) is 2.92. The van der Waals surface area contributed by atoms with Gasteiger partial charge in [-0.05, 0) is 43.0 Å². The number of aryl methyl sites for hydroxylation is 1. The van der Waals surface area contributed by atoms with Crippen LogP contribution in [0.4, 0.5) is 0 Å². The summed E-state index contributed by atoms with van der Waals surface area (Å²) in [6.07, 6.45) is 1.28. The Morgan fingerprint density at radius 2 is 1.76 bits per heavy atom. The molecular weight excluding hydrogens is 430 g/mol. The molecule has 0 radical (unpaired) electrons. The molecule has 4 rings (SSSR count). The second-order valence-electron chi connectivity index (χ2n) is 9.25. The molecule has 1 N–H and O–H groups in total. The maximum absolute atomic E-state index is 14.2. The molecule has 2 saturated heterocycles. The lowest BCUT2D eigenvalue weighted by Crippen LogP contribution is -2.57. The molecule has 180 valence electrons. The van der Waals surface area contributed by atoms with E-state index in [1.807, 2.05) is 48.2 Å². The zero-order chi connectivity index (χ0) is 24.3. The van der Waals surface area contributed by atoms with E-state index in [0.717, 1.165) is 16.7 Å². The third-order valence-corrected chi connectivity index (χ3v) is 7.16. The van der Waals surface area contributed by atoms with Gasteiger partial charge in [-0.2, -0.15) is 0 Å².